The van der Waals surface area contributed by atoms with Crippen molar-refractivity contribution in [1.29, 1.82) is 0 Å². The summed E-state index contributed by atoms with van der Waals surface area (Å²) >= 11 is 5.69. The van der Waals surface area contributed by atoms with E-state index in [-0.39, 0.29) is 11.0 Å². The maximum atomic E-state index is 13.4. The van der Waals surface area contributed by atoms with Crippen LogP contribution in [0.15, 0.2) is 90.1 Å². The van der Waals surface area contributed by atoms with Crippen LogP contribution in [0, 0.1) is 6.92 Å². The normalized spacial score (nSPS) is 11.7. The van der Waals surface area contributed by atoms with Gasteiger partial charge in [0, 0.05) is 40.8 Å². The molecule has 42 heavy (non-hydrogen) atoms. The van der Waals surface area contributed by atoms with Crippen molar-refractivity contribution in [3.63, 3.8) is 0 Å². The Labute approximate surface area is 249 Å². The molecular weight excluding hydrogens is 542 g/mol. The minimum atomic E-state index is -0.138. The first kappa shape index (κ1) is 27.4. The van der Waals surface area contributed by atoms with Crippen LogP contribution >= 0.6 is 12.2 Å². The average Bonchev–Trinajstić information content (AvgIpc) is 3.58. The summed E-state index contributed by atoms with van der Waals surface area (Å²) in [7, 11) is 0. The highest BCUT2D eigenvalue weighted by Gasteiger charge is 2.21. The number of rotatable bonds is 6. The molecule has 0 spiro atoms. The maximum absolute atomic E-state index is 13.4. The maximum Gasteiger partial charge on any atom is 0.261 e. The lowest BCUT2D eigenvalue weighted by Crippen LogP contribution is -2.23. The number of benzene rings is 3. The molecule has 0 fully saturated rings. The van der Waals surface area contributed by atoms with Crippen LogP contribution in [0.2, 0.25) is 0 Å². The van der Waals surface area contributed by atoms with Gasteiger partial charge in [-0.15, -0.1) is 0 Å². The van der Waals surface area contributed by atoms with Gasteiger partial charge in [-0.3, -0.25) is 9.36 Å². The predicted molar refractivity (Wildman–Crippen MR) is 175 cm³/mol. The molecule has 0 saturated heterocycles. The van der Waals surface area contributed by atoms with E-state index in [1.807, 2.05) is 53.3 Å². The fourth-order valence-corrected chi connectivity index (χ4v) is 5.20. The molecule has 3 N–H and O–H groups in total. The Morgan fingerprint density at radius 2 is 1.76 bits per heavy atom. The van der Waals surface area contributed by atoms with Gasteiger partial charge < -0.3 is 15.6 Å². The molecule has 3 aromatic heterocycles. The third kappa shape index (κ3) is 5.56. The second-order valence-electron chi connectivity index (χ2n) is 11.6. The Morgan fingerprint density at radius 3 is 2.55 bits per heavy atom. The van der Waals surface area contributed by atoms with Gasteiger partial charge in [0.25, 0.3) is 5.56 Å². The zero-order valence-electron chi connectivity index (χ0n) is 24.1. The van der Waals surface area contributed by atoms with E-state index in [1.54, 1.807) is 17.0 Å². The molecule has 0 bridgehead atoms. The van der Waals surface area contributed by atoms with Gasteiger partial charge in [0.05, 0.1) is 28.6 Å². The number of aromatic amines is 1. The molecule has 6 rings (SSSR count). The lowest BCUT2D eigenvalue weighted by molar-refractivity contribution is 0.560. The fourth-order valence-electron chi connectivity index (χ4n) is 4.97. The highest BCUT2D eigenvalue weighted by Crippen LogP contribution is 2.27. The molecule has 0 aliphatic carbocycles. The summed E-state index contributed by atoms with van der Waals surface area (Å²) in [6.45, 7) is 8.98. The van der Waals surface area contributed by atoms with Crippen molar-refractivity contribution in [3.05, 3.63) is 112 Å². The topological polar surface area (TPSA) is 92.6 Å². The number of para-hydroxylation sites is 1. The van der Waals surface area contributed by atoms with E-state index in [1.165, 1.54) is 16.5 Å². The molecule has 8 nitrogen and oxygen atoms in total. The smallest absolute Gasteiger partial charge is 0.261 e. The molecule has 6 aromatic rings. The summed E-state index contributed by atoms with van der Waals surface area (Å²) in [4.78, 5) is 21.3. The molecule has 0 amide bonds. The zero-order valence-corrected chi connectivity index (χ0v) is 24.9. The number of nitrogens with zero attached hydrogens (tertiary/aromatic N) is 4. The van der Waals surface area contributed by atoms with E-state index in [4.69, 9.17) is 17.3 Å². The van der Waals surface area contributed by atoms with Crippen molar-refractivity contribution in [2.45, 2.75) is 46.1 Å². The predicted octanol–water partition coefficient (Wildman–Crippen LogP) is 6.72. The first-order valence-electron chi connectivity index (χ1n) is 14.0. The van der Waals surface area contributed by atoms with Gasteiger partial charge in [-0.25, -0.2) is 9.67 Å². The Kier molecular flexibility index (Phi) is 7.12. The van der Waals surface area contributed by atoms with E-state index in [2.05, 4.69) is 72.6 Å². The van der Waals surface area contributed by atoms with Gasteiger partial charge in [0.2, 0.25) is 0 Å². The third-order valence-electron chi connectivity index (χ3n) is 7.38. The molecule has 0 atom stereocenters. The van der Waals surface area contributed by atoms with E-state index in [0.717, 1.165) is 22.7 Å². The summed E-state index contributed by atoms with van der Waals surface area (Å²) in [6, 6.07) is 23.9. The monoisotopic (exact) mass is 575 g/mol. The van der Waals surface area contributed by atoms with E-state index in [9.17, 15) is 4.79 Å². The largest absolute Gasteiger partial charge is 0.361 e. The third-order valence-corrected chi connectivity index (χ3v) is 7.58. The van der Waals surface area contributed by atoms with Crippen molar-refractivity contribution in [3.8, 4) is 5.69 Å². The summed E-state index contributed by atoms with van der Waals surface area (Å²) in [6.07, 6.45) is 4.35. The van der Waals surface area contributed by atoms with Crippen molar-refractivity contribution >= 4 is 50.6 Å². The molecule has 3 aromatic carbocycles. The summed E-state index contributed by atoms with van der Waals surface area (Å²) in [5, 5.41) is 13.5. The molecule has 0 aliphatic rings. The molecule has 0 radical (unpaired) electrons. The van der Waals surface area contributed by atoms with Crippen molar-refractivity contribution < 1.29 is 0 Å². The van der Waals surface area contributed by atoms with Crippen molar-refractivity contribution in [2.75, 3.05) is 10.6 Å². The van der Waals surface area contributed by atoms with Crippen LogP contribution < -0.4 is 16.2 Å². The summed E-state index contributed by atoms with van der Waals surface area (Å²) < 4.78 is 3.53. The average molecular weight is 576 g/mol. The fraction of sp³-hybridized carbons (Fsp3) is 0.212. The Balaban J connectivity index is 1.22. The highest BCUT2D eigenvalue weighted by molar-refractivity contribution is 7.80. The molecule has 9 heteroatoms. The number of hydrogen-bond donors (Lipinski definition) is 3. The highest BCUT2D eigenvalue weighted by atomic mass is 32.1. The minimum absolute atomic E-state index is 0.0883. The zero-order chi connectivity index (χ0) is 29.4. The number of aromatic nitrogens is 5. The Bertz CT molecular complexity index is 1980. The van der Waals surface area contributed by atoms with Crippen molar-refractivity contribution in [1.82, 2.24) is 24.3 Å². The van der Waals surface area contributed by atoms with Gasteiger partial charge in [0.15, 0.2) is 5.11 Å². The van der Waals surface area contributed by atoms with Crippen LogP contribution in [-0.4, -0.2) is 29.4 Å². The minimum Gasteiger partial charge on any atom is -0.361 e. The molecular formula is C33H33N7OS. The van der Waals surface area contributed by atoms with Crippen LogP contribution in [0.3, 0.4) is 0 Å². The molecule has 212 valence electrons. The van der Waals surface area contributed by atoms with Crippen LogP contribution in [-0.2, 0) is 18.4 Å². The number of hydrogen-bond acceptors (Lipinski definition) is 4. The number of H-pyrrole nitrogens is 1. The Hall–Kier alpha value is -4.76. The van der Waals surface area contributed by atoms with Crippen LogP contribution in [0.5, 0.6) is 0 Å². The first-order chi connectivity index (χ1) is 20.2. The number of aryl methyl sites for hydroxylation is 3. The van der Waals surface area contributed by atoms with Crippen LogP contribution in [0.1, 0.15) is 37.6 Å². The quantitative estimate of drug-likeness (QED) is 0.191. The van der Waals surface area contributed by atoms with Gasteiger partial charge in [-0.1, -0.05) is 56.7 Å². The number of anilines is 2. The van der Waals surface area contributed by atoms with E-state index < -0.39 is 0 Å². The number of nitrogens with one attached hydrogen (secondary N) is 3. The second kappa shape index (κ2) is 10.9. The van der Waals surface area contributed by atoms with E-state index in [0.29, 0.717) is 34.7 Å². The summed E-state index contributed by atoms with van der Waals surface area (Å²) in [5.74, 6) is 0.753. The lowest BCUT2D eigenvalue weighted by atomic mass is 9.92. The van der Waals surface area contributed by atoms with E-state index >= 15 is 0 Å². The second-order valence-corrected chi connectivity index (χ2v) is 12.0. The Morgan fingerprint density at radius 1 is 0.976 bits per heavy atom. The van der Waals surface area contributed by atoms with Gasteiger partial charge in [0.1, 0.15) is 5.82 Å². The molecule has 3 heterocycles. The van der Waals surface area contributed by atoms with Crippen LogP contribution in [0.25, 0.3) is 27.5 Å². The van der Waals surface area contributed by atoms with Gasteiger partial charge in [-0.2, -0.15) is 5.10 Å². The standard InChI is InChI=1S/C33H33N7OS/c1-21-9-12-24(13-10-21)40-30(18-29(38-40)33(2,3)4)37-32(42)36-23-11-14-28-26(17-23)31(41)39(20-35-28)16-15-22-19-34-27-8-6-5-7-25(22)27/h5-14,17-20,34H,15-16H2,1-4H3,(H2,36,37,42). The van der Waals surface area contributed by atoms with Crippen LogP contribution in [0.4, 0.5) is 11.5 Å². The lowest BCUT2D eigenvalue weighted by Gasteiger charge is -2.14. The van der Waals surface area contributed by atoms with Gasteiger partial charge in [-0.05, 0) is 67.5 Å². The molecule has 0 unspecified atom stereocenters. The van der Waals surface area contributed by atoms with Crippen molar-refractivity contribution in [2.24, 2.45) is 0 Å². The van der Waals surface area contributed by atoms with Gasteiger partial charge >= 0.3 is 0 Å². The molecule has 0 aliphatic heterocycles. The first-order valence-corrected chi connectivity index (χ1v) is 14.4. The molecule has 0 saturated carbocycles. The number of thiocarbonyl (C=S) groups is 1. The summed E-state index contributed by atoms with van der Waals surface area (Å²) in [5.41, 5.74) is 6.43. The number of fused-ring (bicyclic) bond motifs is 2. The SMILES string of the molecule is Cc1ccc(-n2nc(C(C)(C)C)cc2NC(=S)Nc2ccc3ncn(CCc4c[nH]c5ccccc45)c(=O)c3c2)cc1.